The highest BCUT2D eigenvalue weighted by atomic mass is 19.1. The minimum atomic E-state index is -0.267. The molecule has 4 fully saturated rings. The topological polar surface area (TPSA) is 67.4 Å². The van der Waals surface area contributed by atoms with E-state index in [9.17, 15) is 9.18 Å². The van der Waals surface area contributed by atoms with E-state index in [4.69, 9.17) is 9.72 Å². The van der Waals surface area contributed by atoms with E-state index in [2.05, 4.69) is 21.3 Å². The fourth-order valence-electron chi connectivity index (χ4n) is 5.82. The molecule has 176 valence electrons. The lowest BCUT2D eigenvalue weighted by Crippen LogP contribution is -2.54. The summed E-state index contributed by atoms with van der Waals surface area (Å²) in [5.74, 6) is 1.35. The summed E-state index contributed by atoms with van der Waals surface area (Å²) < 4.78 is 19.0. The molecule has 6 rings (SSSR count). The number of halogens is 1. The van der Waals surface area contributed by atoms with Crippen LogP contribution in [-0.4, -0.2) is 52.7 Å². The van der Waals surface area contributed by atoms with Gasteiger partial charge in [-0.15, -0.1) is 0 Å². The number of carbonyl (C=O) groups is 1. The first-order chi connectivity index (χ1) is 16.0. The predicted octanol–water partition coefficient (Wildman–Crippen LogP) is 4.83. The fraction of sp³-hybridized carbons (Fsp3) is 0.577. The van der Waals surface area contributed by atoms with Crippen LogP contribution in [0.2, 0.25) is 0 Å². The number of fused-ring (bicyclic) bond motifs is 3. The lowest BCUT2D eigenvalue weighted by Gasteiger charge is -2.49. The van der Waals surface area contributed by atoms with Crippen molar-refractivity contribution in [3.63, 3.8) is 0 Å². The Bertz CT molecular complexity index is 977. The molecule has 4 aliphatic rings. The van der Waals surface area contributed by atoms with E-state index < -0.39 is 0 Å². The maximum atomic E-state index is 13.3. The molecule has 1 aliphatic carbocycles. The van der Waals surface area contributed by atoms with E-state index in [1.807, 2.05) is 6.92 Å². The molecule has 3 aliphatic heterocycles. The summed E-state index contributed by atoms with van der Waals surface area (Å²) in [6.07, 6.45) is 7.65. The predicted molar refractivity (Wildman–Crippen MR) is 124 cm³/mol. The number of benzene rings is 1. The second-order valence-corrected chi connectivity index (χ2v) is 9.85. The average molecular weight is 453 g/mol. The van der Waals surface area contributed by atoms with Crippen molar-refractivity contribution in [3.8, 4) is 11.3 Å². The molecule has 1 N–H and O–H groups in total. The van der Waals surface area contributed by atoms with Crippen molar-refractivity contribution in [1.82, 2.24) is 20.2 Å². The molecule has 0 radical (unpaired) electrons. The van der Waals surface area contributed by atoms with E-state index >= 15 is 0 Å². The lowest BCUT2D eigenvalue weighted by atomic mass is 9.74. The third kappa shape index (κ3) is 5.18. The monoisotopic (exact) mass is 452 g/mol. The van der Waals surface area contributed by atoms with Crippen LogP contribution in [0.3, 0.4) is 0 Å². The van der Waals surface area contributed by atoms with Gasteiger partial charge < -0.3 is 10.1 Å². The van der Waals surface area contributed by atoms with Crippen LogP contribution in [0.4, 0.5) is 9.18 Å². The Kier molecular flexibility index (Phi) is 6.58. The zero-order valence-corrected chi connectivity index (χ0v) is 19.3. The summed E-state index contributed by atoms with van der Waals surface area (Å²) in [7, 11) is 0. The van der Waals surface area contributed by atoms with Gasteiger partial charge in [0, 0.05) is 35.8 Å². The Morgan fingerprint density at radius 3 is 2.67 bits per heavy atom. The highest BCUT2D eigenvalue weighted by Gasteiger charge is 2.42. The minimum absolute atomic E-state index is 0.247. The second-order valence-electron chi connectivity index (χ2n) is 9.85. The Hall–Kier alpha value is -2.54. The van der Waals surface area contributed by atoms with Crippen molar-refractivity contribution in [1.29, 1.82) is 0 Å². The van der Waals surface area contributed by atoms with Gasteiger partial charge in [0.25, 0.3) is 0 Å². The molecule has 1 saturated carbocycles. The number of aryl methyl sites for hydroxylation is 1. The van der Waals surface area contributed by atoms with Crippen LogP contribution in [0, 0.1) is 18.7 Å². The van der Waals surface area contributed by atoms with Crippen LogP contribution in [-0.2, 0) is 4.74 Å². The summed E-state index contributed by atoms with van der Waals surface area (Å²) in [6.45, 7) is 4.32. The normalized spacial score (nSPS) is 27.3. The number of amides is 1. The smallest absolute Gasteiger partial charge is 0.407 e. The Labute approximate surface area is 194 Å². The number of hydrogen-bond donors (Lipinski definition) is 1. The van der Waals surface area contributed by atoms with Gasteiger partial charge in [0.2, 0.25) is 0 Å². The van der Waals surface area contributed by atoms with E-state index in [0.29, 0.717) is 18.4 Å². The first-order valence-corrected chi connectivity index (χ1v) is 12.3. The first kappa shape index (κ1) is 22.3. The summed E-state index contributed by atoms with van der Waals surface area (Å²) in [4.78, 5) is 24.1. The molecule has 0 spiro atoms. The zero-order valence-electron chi connectivity index (χ0n) is 19.3. The lowest BCUT2D eigenvalue weighted by molar-refractivity contribution is -0.00403. The molecule has 6 nitrogen and oxygen atoms in total. The van der Waals surface area contributed by atoms with Crippen molar-refractivity contribution < 1.29 is 13.9 Å². The second kappa shape index (κ2) is 9.75. The molecule has 7 heteroatoms. The highest BCUT2D eigenvalue weighted by Crippen LogP contribution is 2.42. The van der Waals surface area contributed by atoms with Gasteiger partial charge in [0.05, 0.1) is 5.69 Å². The van der Waals surface area contributed by atoms with Crippen LogP contribution < -0.4 is 5.32 Å². The van der Waals surface area contributed by atoms with Crippen LogP contribution in [0.15, 0.2) is 30.3 Å². The standard InChI is InChI=1S/C26H33FN4O2/c1-17-28-24(18-7-9-20(27)10-8-18)14-25(29-17)23-15-31-12-11-19(23)13-22(31)16-33-26(32)30-21-5-3-2-4-6-21/h7-10,14,19,21-23H,2-6,11-13,15-16H2,1H3,(H,30,32). The number of aromatic nitrogens is 2. The molecule has 3 saturated heterocycles. The number of piperidine rings is 3. The summed E-state index contributed by atoms with van der Waals surface area (Å²) in [6, 6.07) is 9.08. The third-order valence-corrected chi connectivity index (χ3v) is 7.59. The molecular weight excluding hydrogens is 419 g/mol. The maximum Gasteiger partial charge on any atom is 0.407 e. The van der Waals surface area contributed by atoms with Gasteiger partial charge in [0.15, 0.2) is 0 Å². The van der Waals surface area contributed by atoms with Gasteiger partial charge in [-0.05, 0) is 75.4 Å². The minimum Gasteiger partial charge on any atom is -0.448 e. The van der Waals surface area contributed by atoms with Crippen LogP contribution >= 0.6 is 0 Å². The van der Waals surface area contributed by atoms with Gasteiger partial charge in [-0.1, -0.05) is 19.3 Å². The number of alkyl carbamates (subject to hydrolysis) is 1. The average Bonchev–Trinajstić information content (AvgIpc) is 2.84. The van der Waals surface area contributed by atoms with Gasteiger partial charge >= 0.3 is 6.09 Å². The van der Waals surface area contributed by atoms with Gasteiger partial charge in [-0.3, -0.25) is 4.90 Å². The molecule has 4 unspecified atom stereocenters. The molecular formula is C26H33FN4O2. The van der Waals surface area contributed by atoms with Crippen LogP contribution in [0.25, 0.3) is 11.3 Å². The van der Waals surface area contributed by atoms with E-state index in [0.717, 1.165) is 61.5 Å². The van der Waals surface area contributed by atoms with E-state index in [1.165, 1.54) is 31.4 Å². The molecule has 1 aromatic carbocycles. The van der Waals surface area contributed by atoms with Gasteiger partial charge in [-0.25, -0.2) is 19.2 Å². The number of carbonyl (C=O) groups excluding carboxylic acids is 1. The largest absolute Gasteiger partial charge is 0.448 e. The Morgan fingerprint density at radius 1 is 1.15 bits per heavy atom. The molecule has 33 heavy (non-hydrogen) atoms. The number of nitrogens with zero attached hydrogens (tertiary/aromatic N) is 3. The Balaban J connectivity index is 1.21. The summed E-state index contributed by atoms with van der Waals surface area (Å²) in [5.41, 5.74) is 2.80. The molecule has 1 amide bonds. The number of rotatable bonds is 5. The summed E-state index contributed by atoms with van der Waals surface area (Å²) in [5, 5.41) is 3.05. The molecule has 4 heterocycles. The highest BCUT2D eigenvalue weighted by molar-refractivity contribution is 5.67. The van der Waals surface area contributed by atoms with E-state index in [-0.39, 0.29) is 24.0 Å². The SMILES string of the molecule is Cc1nc(-c2ccc(F)cc2)cc(C2CN3CCC2CC3COC(=O)NC2CCCCC2)n1. The summed E-state index contributed by atoms with van der Waals surface area (Å²) >= 11 is 0. The van der Waals surface area contributed by atoms with Crippen LogP contribution in [0.1, 0.15) is 62.4 Å². The molecule has 4 atom stereocenters. The van der Waals surface area contributed by atoms with Gasteiger partial charge in [0.1, 0.15) is 18.2 Å². The van der Waals surface area contributed by atoms with Crippen LogP contribution in [0.5, 0.6) is 0 Å². The Morgan fingerprint density at radius 2 is 1.94 bits per heavy atom. The van der Waals surface area contributed by atoms with Crippen molar-refractivity contribution in [2.24, 2.45) is 5.92 Å². The van der Waals surface area contributed by atoms with Crippen molar-refractivity contribution in [2.45, 2.75) is 69.9 Å². The number of ether oxygens (including phenoxy) is 1. The van der Waals surface area contributed by atoms with Gasteiger partial charge in [-0.2, -0.15) is 0 Å². The van der Waals surface area contributed by atoms with Crippen molar-refractivity contribution >= 4 is 6.09 Å². The molecule has 2 aromatic rings. The molecule has 1 aromatic heterocycles. The quantitative estimate of drug-likeness (QED) is 0.704. The first-order valence-electron chi connectivity index (χ1n) is 12.3. The van der Waals surface area contributed by atoms with E-state index in [1.54, 1.807) is 12.1 Å². The molecule has 2 bridgehead atoms. The zero-order chi connectivity index (χ0) is 22.8. The third-order valence-electron chi connectivity index (χ3n) is 7.59. The number of nitrogens with one attached hydrogen (secondary N) is 1. The maximum absolute atomic E-state index is 13.3. The fourth-order valence-corrected chi connectivity index (χ4v) is 5.82. The van der Waals surface area contributed by atoms with Crippen molar-refractivity contribution in [2.75, 3.05) is 19.7 Å². The number of hydrogen-bond acceptors (Lipinski definition) is 5. The van der Waals surface area contributed by atoms with Crippen molar-refractivity contribution in [3.05, 3.63) is 47.7 Å².